The SMILES string of the molecule is COCC1NCCOC12CCCC(C(F)(F)F)C2. The Labute approximate surface area is 105 Å². The van der Waals surface area contributed by atoms with Crippen LogP contribution in [0, 0.1) is 5.92 Å². The Kier molecular flexibility index (Phi) is 4.18. The number of halogens is 3. The van der Waals surface area contributed by atoms with E-state index in [4.69, 9.17) is 9.47 Å². The topological polar surface area (TPSA) is 30.5 Å². The molecule has 1 saturated heterocycles. The van der Waals surface area contributed by atoms with Gasteiger partial charge in [0.25, 0.3) is 0 Å². The van der Waals surface area contributed by atoms with E-state index in [0.29, 0.717) is 32.6 Å². The monoisotopic (exact) mass is 267 g/mol. The number of nitrogens with one attached hydrogen (secondary N) is 1. The molecule has 0 aromatic carbocycles. The van der Waals surface area contributed by atoms with E-state index >= 15 is 0 Å². The standard InChI is InChI=1S/C12H20F3NO2/c1-17-8-10-11(18-6-5-16-10)4-2-3-9(7-11)12(13,14)15/h9-10,16H,2-8H2,1H3. The molecule has 0 amide bonds. The van der Waals surface area contributed by atoms with Crippen LogP contribution < -0.4 is 5.32 Å². The second-order valence-corrected chi connectivity index (χ2v) is 5.21. The number of hydrogen-bond donors (Lipinski definition) is 1. The molecule has 0 bridgehead atoms. The van der Waals surface area contributed by atoms with E-state index in [9.17, 15) is 13.2 Å². The van der Waals surface area contributed by atoms with Gasteiger partial charge < -0.3 is 14.8 Å². The lowest BCUT2D eigenvalue weighted by Gasteiger charge is -2.48. The summed E-state index contributed by atoms with van der Waals surface area (Å²) in [5.41, 5.74) is -0.702. The third-order valence-corrected chi connectivity index (χ3v) is 4.06. The summed E-state index contributed by atoms with van der Waals surface area (Å²) in [6.45, 7) is 1.54. The van der Waals surface area contributed by atoms with Crippen LogP contribution in [0.15, 0.2) is 0 Å². The minimum atomic E-state index is -4.12. The van der Waals surface area contributed by atoms with Crippen LogP contribution in [0.2, 0.25) is 0 Å². The molecule has 106 valence electrons. The minimum Gasteiger partial charge on any atom is -0.383 e. The molecule has 1 spiro atoms. The molecular weight excluding hydrogens is 247 g/mol. The Bertz CT molecular complexity index is 279. The highest BCUT2D eigenvalue weighted by atomic mass is 19.4. The van der Waals surface area contributed by atoms with Crippen molar-refractivity contribution in [2.75, 3.05) is 26.9 Å². The first-order valence-electron chi connectivity index (χ1n) is 6.41. The summed E-state index contributed by atoms with van der Waals surface area (Å²) in [4.78, 5) is 0. The van der Waals surface area contributed by atoms with Gasteiger partial charge in [0.15, 0.2) is 0 Å². The van der Waals surface area contributed by atoms with E-state index < -0.39 is 17.7 Å². The Morgan fingerprint density at radius 1 is 1.44 bits per heavy atom. The van der Waals surface area contributed by atoms with Gasteiger partial charge in [0.1, 0.15) is 0 Å². The molecule has 18 heavy (non-hydrogen) atoms. The summed E-state index contributed by atoms with van der Waals surface area (Å²) in [5.74, 6) is -1.24. The van der Waals surface area contributed by atoms with Crippen molar-refractivity contribution < 1.29 is 22.6 Å². The van der Waals surface area contributed by atoms with E-state index in [-0.39, 0.29) is 18.9 Å². The smallest absolute Gasteiger partial charge is 0.383 e. The molecule has 0 radical (unpaired) electrons. The molecule has 1 saturated carbocycles. The van der Waals surface area contributed by atoms with E-state index in [1.54, 1.807) is 7.11 Å². The number of alkyl halides is 3. The molecule has 2 rings (SSSR count). The number of methoxy groups -OCH3 is 1. The van der Waals surface area contributed by atoms with E-state index in [1.165, 1.54) is 0 Å². The molecule has 3 nitrogen and oxygen atoms in total. The van der Waals surface area contributed by atoms with Gasteiger partial charge in [-0.15, -0.1) is 0 Å². The fourth-order valence-electron chi connectivity index (χ4n) is 3.15. The lowest BCUT2D eigenvalue weighted by Crippen LogP contribution is -2.62. The third-order valence-electron chi connectivity index (χ3n) is 4.06. The van der Waals surface area contributed by atoms with Gasteiger partial charge in [0.05, 0.1) is 30.8 Å². The zero-order chi connectivity index (χ0) is 13.2. The second-order valence-electron chi connectivity index (χ2n) is 5.21. The maximum absolute atomic E-state index is 12.9. The van der Waals surface area contributed by atoms with Crippen molar-refractivity contribution in [3.63, 3.8) is 0 Å². The van der Waals surface area contributed by atoms with Gasteiger partial charge in [-0.25, -0.2) is 0 Å². The number of ether oxygens (including phenoxy) is 2. The van der Waals surface area contributed by atoms with Crippen molar-refractivity contribution in [2.24, 2.45) is 5.92 Å². The van der Waals surface area contributed by atoms with Gasteiger partial charge in [-0.05, 0) is 25.7 Å². The summed E-state index contributed by atoms with van der Waals surface area (Å²) in [5, 5.41) is 3.24. The second kappa shape index (κ2) is 5.35. The van der Waals surface area contributed by atoms with Crippen molar-refractivity contribution in [1.82, 2.24) is 5.32 Å². The third kappa shape index (κ3) is 2.81. The Morgan fingerprint density at radius 3 is 2.89 bits per heavy atom. The van der Waals surface area contributed by atoms with E-state index in [2.05, 4.69) is 5.32 Å². The Hall–Kier alpha value is -0.330. The van der Waals surface area contributed by atoms with Crippen LogP contribution >= 0.6 is 0 Å². The fourth-order valence-corrected chi connectivity index (χ4v) is 3.15. The van der Waals surface area contributed by atoms with Crippen LogP contribution in [0.3, 0.4) is 0 Å². The molecule has 2 fully saturated rings. The van der Waals surface area contributed by atoms with Gasteiger partial charge in [0.2, 0.25) is 0 Å². The zero-order valence-electron chi connectivity index (χ0n) is 10.6. The summed E-state index contributed by atoms with van der Waals surface area (Å²) in [7, 11) is 1.56. The van der Waals surface area contributed by atoms with Crippen LogP contribution in [-0.2, 0) is 9.47 Å². The molecule has 3 atom stereocenters. The number of hydrogen-bond acceptors (Lipinski definition) is 3. The average molecular weight is 267 g/mol. The molecular formula is C12H20F3NO2. The lowest BCUT2D eigenvalue weighted by atomic mass is 9.73. The fraction of sp³-hybridized carbons (Fsp3) is 1.00. The normalized spacial score (nSPS) is 38.0. The lowest BCUT2D eigenvalue weighted by molar-refractivity contribution is -0.219. The highest BCUT2D eigenvalue weighted by molar-refractivity contribution is 5.00. The van der Waals surface area contributed by atoms with Gasteiger partial charge in [-0.1, -0.05) is 0 Å². The molecule has 1 aliphatic heterocycles. The largest absolute Gasteiger partial charge is 0.391 e. The van der Waals surface area contributed by atoms with E-state index in [0.717, 1.165) is 0 Å². The average Bonchev–Trinajstić information content (AvgIpc) is 2.32. The Morgan fingerprint density at radius 2 is 2.22 bits per heavy atom. The summed E-state index contributed by atoms with van der Waals surface area (Å²) in [6, 6.07) is -0.138. The van der Waals surface area contributed by atoms with Crippen LogP contribution in [0.1, 0.15) is 25.7 Å². The molecule has 0 aromatic rings. The van der Waals surface area contributed by atoms with Crippen molar-refractivity contribution in [1.29, 1.82) is 0 Å². The van der Waals surface area contributed by atoms with Gasteiger partial charge in [-0.3, -0.25) is 0 Å². The first-order valence-corrected chi connectivity index (χ1v) is 6.41. The van der Waals surface area contributed by atoms with Gasteiger partial charge in [0, 0.05) is 13.7 Å². The Balaban J connectivity index is 2.12. The summed E-state index contributed by atoms with van der Waals surface area (Å²) in [6.07, 6.45) is -2.61. The van der Waals surface area contributed by atoms with Crippen LogP contribution in [0.25, 0.3) is 0 Å². The molecule has 0 aromatic heterocycles. The number of rotatable bonds is 2. The van der Waals surface area contributed by atoms with Crippen molar-refractivity contribution in [3.8, 4) is 0 Å². The predicted molar refractivity (Wildman–Crippen MR) is 60.4 cm³/mol. The maximum atomic E-state index is 12.9. The molecule has 1 aliphatic carbocycles. The number of morpholine rings is 1. The van der Waals surface area contributed by atoms with Gasteiger partial charge in [-0.2, -0.15) is 13.2 Å². The van der Waals surface area contributed by atoms with Gasteiger partial charge >= 0.3 is 6.18 Å². The molecule has 1 N–H and O–H groups in total. The van der Waals surface area contributed by atoms with Crippen molar-refractivity contribution in [2.45, 2.75) is 43.5 Å². The van der Waals surface area contributed by atoms with E-state index in [1.807, 2.05) is 0 Å². The highest BCUT2D eigenvalue weighted by Crippen LogP contribution is 2.45. The van der Waals surface area contributed by atoms with Crippen LogP contribution in [0.5, 0.6) is 0 Å². The minimum absolute atomic E-state index is 0.0531. The van der Waals surface area contributed by atoms with Crippen molar-refractivity contribution in [3.05, 3.63) is 0 Å². The predicted octanol–water partition coefficient (Wildman–Crippen LogP) is 2.11. The molecule has 6 heteroatoms. The van der Waals surface area contributed by atoms with Crippen LogP contribution in [0.4, 0.5) is 13.2 Å². The maximum Gasteiger partial charge on any atom is 0.391 e. The highest BCUT2D eigenvalue weighted by Gasteiger charge is 2.52. The first-order chi connectivity index (χ1) is 8.48. The zero-order valence-corrected chi connectivity index (χ0v) is 10.6. The first kappa shape index (κ1) is 14.1. The summed E-state index contributed by atoms with van der Waals surface area (Å²) < 4.78 is 49.5. The molecule has 3 unspecified atom stereocenters. The molecule has 1 heterocycles. The van der Waals surface area contributed by atoms with Crippen molar-refractivity contribution >= 4 is 0 Å². The van der Waals surface area contributed by atoms with Crippen LogP contribution in [-0.4, -0.2) is 44.7 Å². The quantitative estimate of drug-likeness (QED) is 0.831. The summed E-state index contributed by atoms with van der Waals surface area (Å²) >= 11 is 0. The molecule has 2 aliphatic rings.